The molecule has 88 valence electrons. The van der Waals surface area contributed by atoms with Gasteiger partial charge in [0.05, 0.1) is 30.6 Å². The van der Waals surface area contributed by atoms with Crippen molar-refractivity contribution in [3.8, 4) is 0 Å². The van der Waals surface area contributed by atoms with E-state index in [1.165, 1.54) is 12.4 Å². The van der Waals surface area contributed by atoms with Crippen LogP contribution in [0.3, 0.4) is 0 Å². The van der Waals surface area contributed by atoms with Crippen molar-refractivity contribution >= 4 is 0 Å². The maximum Gasteiger partial charge on any atom is 0.161 e. The maximum atomic E-state index is 12.9. The van der Waals surface area contributed by atoms with Crippen LogP contribution in [0.4, 0.5) is 4.39 Å². The highest BCUT2D eigenvalue weighted by Crippen LogP contribution is 2.38. The highest BCUT2D eigenvalue weighted by molar-refractivity contribution is 4.96. The molecule has 1 aromatic heterocycles. The summed E-state index contributed by atoms with van der Waals surface area (Å²) >= 11 is 0. The van der Waals surface area contributed by atoms with Crippen molar-refractivity contribution in [3.63, 3.8) is 0 Å². The summed E-state index contributed by atoms with van der Waals surface area (Å²) in [7, 11) is 0. The predicted molar refractivity (Wildman–Crippen MR) is 56.6 cm³/mol. The molecule has 2 fully saturated rings. The SMILES string of the molecule is Fc1cnn(C2COC3(CCNCC3)C2)c1. The molecule has 2 aliphatic rings. The third kappa shape index (κ3) is 1.74. The topological polar surface area (TPSA) is 39.1 Å². The van der Waals surface area contributed by atoms with Gasteiger partial charge in [-0.05, 0) is 25.9 Å². The zero-order valence-electron chi connectivity index (χ0n) is 9.16. The quantitative estimate of drug-likeness (QED) is 0.778. The van der Waals surface area contributed by atoms with Gasteiger partial charge < -0.3 is 10.1 Å². The molecule has 2 saturated heterocycles. The third-order valence-corrected chi connectivity index (χ3v) is 3.65. The van der Waals surface area contributed by atoms with Crippen molar-refractivity contribution in [2.24, 2.45) is 0 Å². The van der Waals surface area contributed by atoms with Crippen LogP contribution >= 0.6 is 0 Å². The van der Waals surface area contributed by atoms with Crippen molar-refractivity contribution in [3.05, 3.63) is 18.2 Å². The minimum atomic E-state index is -0.272. The lowest BCUT2D eigenvalue weighted by atomic mass is 9.88. The Morgan fingerprint density at radius 3 is 3.00 bits per heavy atom. The van der Waals surface area contributed by atoms with Gasteiger partial charge in [0, 0.05) is 6.42 Å². The number of hydrogen-bond donors (Lipinski definition) is 1. The van der Waals surface area contributed by atoms with E-state index in [1.54, 1.807) is 4.68 Å². The molecular formula is C11H16FN3O. The number of aromatic nitrogens is 2. The number of halogens is 1. The number of ether oxygens (including phenoxy) is 1. The van der Waals surface area contributed by atoms with Gasteiger partial charge in [-0.2, -0.15) is 5.10 Å². The molecule has 1 N–H and O–H groups in total. The van der Waals surface area contributed by atoms with E-state index < -0.39 is 0 Å². The normalized spacial score (nSPS) is 28.7. The van der Waals surface area contributed by atoms with E-state index in [0.717, 1.165) is 32.4 Å². The molecule has 0 radical (unpaired) electrons. The first-order chi connectivity index (χ1) is 7.77. The maximum absolute atomic E-state index is 12.9. The van der Waals surface area contributed by atoms with Crippen molar-refractivity contribution in [2.45, 2.75) is 30.9 Å². The Kier molecular flexibility index (Phi) is 2.44. The summed E-state index contributed by atoms with van der Waals surface area (Å²) in [4.78, 5) is 0. The van der Waals surface area contributed by atoms with Gasteiger partial charge in [-0.15, -0.1) is 0 Å². The average Bonchev–Trinajstić information content (AvgIpc) is 2.87. The number of nitrogens with one attached hydrogen (secondary N) is 1. The molecule has 3 rings (SSSR count). The van der Waals surface area contributed by atoms with Gasteiger partial charge in [0.2, 0.25) is 0 Å². The zero-order chi connectivity index (χ0) is 11.0. The summed E-state index contributed by atoms with van der Waals surface area (Å²) < 4.78 is 20.5. The lowest BCUT2D eigenvalue weighted by Crippen LogP contribution is -2.41. The summed E-state index contributed by atoms with van der Waals surface area (Å²) in [5.74, 6) is -0.272. The lowest BCUT2D eigenvalue weighted by molar-refractivity contribution is -0.0196. The summed E-state index contributed by atoms with van der Waals surface area (Å²) in [6.07, 6.45) is 5.76. The van der Waals surface area contributed by atoms with Gasteiger partial charge in [-0.25, -0.2) is 4.39 Å². The molecule has 16 heavy (non-hydrogen) atoms. The van der Waals surface area contributed by atoms with E-state index in [9.17, 15) is 4.39 Å². The number of hydrogen-bond acceptors (Lipinski definition) is 3. The fourth-order valence-electron chi connectivity index (χ4n) is 2.74. The Morgan fingerprint density at radius 1 is 1.50 bits per heavy atom. The van der Waals surface area contributed by atoms with Gasteiger partial charge in [0.1, 0.15) is 0 Å². The minimum Gasteiger partial charge on any atom is -0.373 e. The van der Waals surface area contributed by atoms with Crippen molar-refractivity contribution in [2.75, 3.05) is 19.7 Å². The molecule has 0 aromatic carbocycles. The second-order valence-electron chi connectivity index (χ2n) is 4.74. The van der Waals surface area contributed by atoms with E-state index in [2.05, 4.69) is 10.4 Å². The van der Waals surface area contributed by atoms with Crippen LogP contribution < -0.4 is 5.32 Å². The molecule has 0 amide bonds. The predicted octanol–water partition coefficient (Wildman–Crippen LogP) is 1.11. The molecule has 5 heteroatoms. The van der Waals surface area contributed by atoms with E-state index in [-0.39, 0.29) is 17.5 Å². The van der Waals surface area contributed by atoms with Crippen LogP contribution in [0.1, 0.15) is 25.3 Å². The van der Waals surface area contributed by atoms with Gasteiger partial charge in [0.15, 0.2) is 5.82 Å². The number of rotatable bonds is 1. The minimum absolute atomic E-state index is 0.0122. The molecule has 1 spiro atoms. The molecule has 0 aliphatic carbocycles. The standard InChI is InChI=1S/C11H16FN3O/c12-9-6-14-15(7-9)10-5-11(16-8-10)1-3-13-4-2-11/h6-7,10,13H,1-5,8H2. The largest absolute Gasteiger partial charge is 0.373 e. The zero-order valence-corrected chi connectivity index (χ0v) is 9.16. The van der Waals surface area contributed by atoms with Gasteiger partial charge in [-0.3, -0.25) is 4.68 Å². The van der Waals surface area contributed by atoms with Crippen LogP contribution in [0, 0.1) is 5.82 Å². The van der Waals surface area contributed by atoms with Crippen molar-refractivity contribution in [1.82, 2.24) is 15.1 Å². The summed E-state index contributed by atoms with van der Waals surface area (Å²) in [6.45, 7) is 2.68. The molecule has 1 atom stereocenters. The van der Waals surface area contributed by atoms with E-state index in [1.807, 2.05) is 0 Å². The van der Waals surface area contributed by atoms with Gasteiger partial charge in [-0.1, -0.05) is 0 Å². The first-order valence-electron chi connectivity index (χ1n) is 5.82. The first-order valence-corrected chi connectivity index (χ1v) is 5.82. The highest BCUT2D eigenvalue weighted by Gasteiger charge is 2.41. The Labute approximate surface area is 93.8 Å². The average molecular weight is 225 g/mol. The smallest absolute Gasteiger partial charge is 0.161 e. The van der Waals surface area contributed by atoms with Crippen LogP contribution in [0.15, 0.2) is 12.4 Å². The molecule has 0 saturated carbocycles. The van der Waals surface area contributed by atoms with E-state index in [4.69, 9.17) is 4.74 Å². The Balaban J connectivity index is 1.72. The van der Waals surface area contributed by atoms with Crippen LogP contribution in [0.25, 0.3) is 0 Å². The number of piperidine rings is 1. The number of nitrogens with zero attached hydrogens (tertiary/aromatic N) is 2. The molecule has 1 unspecified atom stereocenters. The summed E-state index contributed by atoms with van der Waals surface area (Å²) in [5.41, 5.74) is 0.0122. The molecule has 1 aromatic rings. The summed E-state index contributed by atoms with van der Waals surface area (Å²) in [5, 5.41) is 7.35. The monoisotopic (exact) mass is 225 g/mol. The Morgan fingerprint density at radius 2 is 2.31 bits per heavy atom. The third-order valence-electron chi connectivity index (χ3n) is 3.65. The van der Waals surface area contributed by atoms with Crippen molar-refractivity contribution in [1.29, 1.82) is 0 Å². The Bertz CT molecular complexity index is 373. The molecule has 0 bridgehead atoms. The van der Waals surface area contributed by atoms with E-state index in [0.29, 0.717) is 6.61 Å². The fraction of sp³-hybridized carbons (Fsp3) is 0.727. The van der Waals surface area contributed by atoms with Gasteiger partial charge in [0.25, 0.3) is 0 Å². The second-order valence-corrected chi connectivity index (χ2v) is 4.74. The Hall–Kier alpha value is -0.940. The van der Waals surface area contributed by atoms with Crippen LogP contribution in [0.2, 0.25) is 0 Å². The first kappa shape index (κ1) is 10.2. The van der Waals surface area contributed by atoms with Crippen LogP contribution in [-0.2, 0) is 4.74 Å². The molecule has 3 heterocycles. The van der Waals surface area contributed by atoms with Crippen LogP contribution in [0.5, 0.6) is 0 Å². The second kappa shape index (κ2) is 3.82. The van der Waals surface area contributed by atoms with E-state index >= 15 is 0 Å². The fourth-order valence-corrected chi connectivity index (χ4v) is 2.74. The molecular weight excluding hydrogens is 209 g/mol. The highest BCUT2D eigenvalue weighted by atomic mass is 19.1. The summed E-state index contributed by atoms with van der Waals surface area (Å²) in [6, 6.07) is 0.197. The van der Waals surface area contributed by atoms with Crippen molar-refractivity contribution < 1.29 is 9.13 Å². The van der Waals surface area contributed by atoms with Gasteiger partial charge >= 0.3 is 0 Å². The molecule has 4 nitrogen and oxygen atoms in total. The molecule has 2 aliphatic heterocycles. The lowest BCUT2D eigenvalue weighted by Gasteiger charge is -2.32. The van der Waals surface area contributed by atoms with Crippen LogP contribution in [-0.4, -0.2) is 35.1 Å².